The topological polar surface area (TPSA) is 79.0 Å². The predicted molar refractivity (Wildman–Crippen MR) is 46.0 cm³/mol. The molecular formula is C8H16NO4+. The van der Waals surface area contributed by atoms with Crippen molar-refractivity contribution in [1.82, 2.24) is 0 Å². The minimum Gasteiger partial charge on any atom is -0.435 e. The highest BCUT2D eigenvalue weighted by atomic mass is 16.4. The van der Waals surface area contributed by atoms with E-state index in [1.54, 1.807) is 0 Å². The monoisotopic (exact) mass is 190 g/mol. The molecule has 2 amide bonds. The van der Waals surface area contributed by atoms with Crippen LogP contribution in [0.1, 0.15) is 32.6 Å². The zero-order valence-corrected chi connectivity index (χ0v) is 7.75. The molecule has 0 radical (unpaired) electrons. The number of rotatable bonds is 5. The lowest BCUT2D eigenvalue weighted by Gasteiger charge is -2.05. The van der Waals surface area contributed by atoms with Crippen molar-refractivity contribution in [3.63, 3.8) is 0 Å². The fourth-order valence-corrected chi connectivity index (χ4v) is 1.03. The van der Waals surface area contributed by atoms with E-state index in [-0.39, 0.29) is 6.54 Å². The first-order valence-electron chi connectivity index (χ1n) is 4.42. The van der Waals surface area contributed by atoms with Gasteiger partial charge in [-0.2, -0.15) is 9.59 Å². The van der Waals surface area contributed by atoms with Gasteiger partial charge in [-0.25, -0.2) is 0 Å². The summed E-state index contributed by atoms with van der Waals surface area (Å²) < 4.78 is 0. The van der Waals surface area contributed by atoms with Crippen LogP contribution in [0.25, 0.3) is 0 Å². The summed E-state index contributed by atoms with van der Waals surface area (Å²) in [5.74, 6) is 0. The standard InChI is InChI=1S/C8H15NO4/c1-2-3-4-5-6-9(7(10)11)8(12)13/h2-6H2,1H3,(H,10,11)(H,12,13)/p+1. The summed E-state index contributed by atoms with van der Waals surface area (Å²) in [7, 11) is 0. The maximum atomic E-state index is 10.4. The van der Waals surface area contributed by atoms with Crippen molar-refractivity contribution in [1.29, 1.82) is 0 Å². The van der Waals surface area contributed by atoms with Gasteiger partial charge >= 0.3 is 12.2 Å². The second-order valence-corrected chi connectivity index (χ2v) is 2.90. The van der Waals surface area contributed by atoms with Crippen LogP contribution in [0, 0.1) is 0 Å². The van der Waals surface area contributed by atoms with Gasteiger partial charge in [0.1, 0.15) is 0 Å². The van der Waals surface area contributed by atoms with E-state index >= 15 is 0 Å². The third-order valence-electron chi connectivity index (χ3n) is 1.80. The number of hydrogen-bond donors (Lipinski definition) is 3. The van der Waals surface area contributed by atoms with Gasteiger partial charge < -0.3 is 10.2 Å². The summed E-state index contributed by atoms with van der Waals surface area (Å²) in [5, 5.41) is 17.0. The molecule has 0 aliphatic rings. The largest absolute Gasteiger partial charge is 0.522 e. The maximum Gasteiger partial charge on any atom is 0.522 e. The molecule has 76 valence electrons. The number of unbranched alkanes of at least 4 members (excludes halogenated alkanes) is 3. The molecule has 0 aromatic heterocycles. The van der Waals surface area contributed by atoms with Crippen molar-refractivity contribution >= 4 is 12.2 Å². The van der Waals surface area contributed by atoms with Gasteiger partial charge in [-0.05, 0) is 12.8 Å². The molecule has 5 nitrogen and oxygen atoms in total. The Morgan fingerprint density at radius 3 is 2.00 bits per heavy atom. The van der Waals surface area contributed by atoms with Gasteiger partial charge in [0.15, 0.2) is 0 Å². The van der Waals surface area contributed by atoms with Crippen molar-refractivity contribution in [3.05, 3.63) is 0 Å². The van der Waals surface area contributed by atoms with Crippen molar-refractivity contribution in [2.75, 3.05) is 6.54 Å². The molecule has 0 aromatic carbocycles. The van der Waals surface area contributed by atoms with E-state index in [0.29, 0.717) is 6.42 Å². The Morgan fingerprint density at radius 1 is 1.08 bits per heavy atom. The first kappa shape index (κ1) is 11.9. The normalized spacial score (nSPS) is 10.3. The van der Waals surface area contributed by atoms with Crippen molar-refractivity contribution < 1.29 is 24.7 Å². The van der Waals surface area contributed by atoms with Crippen LogP contribution in [-0.2, 0) is 0 Å². The molecule has 0 aliphatic heterocycles. The summed E-state index contributed by atoms with van der Waals surface area (Å²) in [5.41, 5.74) is 0. The number of carboxylic acid groups (broad SMARTS) is 2. The van der Waals surface area contributed by atoms with Crippen LogP contribution >= 0.6 is 0 Å². The third kappa shape index (κ3) is 5.19. The Kier molecular flexibility index (Phi) is 5.88. The van der Waals surface area contributed by atoms with E-state index in [2.05, 4.69) is 0 Å². The first-order chi connectivity index (χ1) is 6.09. The minimum absolute atomic E-state index is 0.157. The lowest BCUT2D eigenvalue weighted by molar-refractivity contribution is -0.744. The molecule has 0 bridgehead atoms. The smallest absolute Gasteiger partial charge is 0.435 e. The van der Waals surface area contributed by atoms with Crippen LogP contribution in [0.2, 0.25) is 0 Å². The fraction of sp³-hybridized carbons (Fsp3) is 0.750. The van der Waals surface area contributed by atoms with Crippen molar-refractivity contribution in [3.8, 4) is 0 Å². The summed E-state index contributed by atoms with van der Waals surface area (Å²) in [4.78, 5) is 20.4. The van der Waals surface area contributed by atoms with Gasteiger partial charge in [-0.15, -0.1) is 4.90 Å². The van der Waals surface area contributed by atoms with Crippen LogP contribution in [-0.4, -0.2) is 28.9 Å². The Labute approximate surface area is 77.0 Å². The van der Waals surface area contributed by atoms with Gasteiger partial charge in [0.25, 0.3) is 0 Å². The molecule has 3 N–H and O–H groups in total. The SMILES string of the molecule is CCCCCC[NH+](C(=O)O)C(=O)O. The predicted octanol–water partition coefficient (Wildman–Crippen LogP) is 0.808. The zero-order chi connectivity index (χ0) is 10.3. The Bertz CT molecular complexity index is 167. The third-order valence-corrected chi connectivity index (χ3v) is 1.80. The number of amides is 2. The summed E-state index contributed by atoms with van der Waals surface area (Å²) in [6.07, 6.45) is 0.970. The Hall–Kier alpha value is -1.10. The molecule has 0 atom stereocenters. The van der Waals surface area contributed by atoms with Crippen LogP contribution in [0.15, 0.2) is 0 Å². The van der Waals surface area contributed by atoms with Crippen molar-refractivity contribution in [2.24, 2.45) is 0 Å². The maximum absolute atomic E-state index is 10.4. The van der Waals surface area contributed by atoms with E-state index < -0.39 is 17.1 Å². The molecule has 0 fully saturated rings. The number of imide groups is 1. The number of hydrogen-bond acceptors (Lipinski definition) is 2. The summed E-state index contributed by atoms with van der Waals surface area (Å²) >= 11 is 0. The quantitative estimate of drug-likeness (QED) is 0.560. The van der Waals surface area contributed by atoms with Crippen LogP contribution < -0.4 is 4.90 Å². The average Bonchev–Trinajstić information content (AvgIpc) is 2.02. The number of quaternary nitrogens is 1. The highest BCUT2D eigenvalue weighted by Gasteiger charge is 2.25. The highest BCUT2D eigenvalue weighted by molar-refractivity contribution is 5.69. The Morgan fingerprint density at radius 2 is 1.62 bits per heavy atom. The van der Waals surface area contributed by atoms with E-state index in [1.807, 2.05) is 6.92 Å². The molecule has 0 saturated carbocycles. The lowest BCUT2D eigenvalue weighted by atomic mass is 10.2. The lowest BCUT2D eigenvalue weighted by Crippen LogP contribution is -3.16. The molecule has 0 aromatic rings. The first-order valence-corrected chi connectivity index (χ1v) is 4.42. The molecular weight excluding hydrogens is 174 g/mol. The average molecular weight is 190 g/mol. The van der Waals surface area contributed by atoms with Gasteiger partial charge in [0, 0.05) is 0 Å². The molecule has 0 saturated heterocycles. The molecule has 0 unspecified atom stereocenters. The minimum atomic E-state index is -1.32. The van der Waals surface area contributed by atoms with E-state index in [1.165, 1.54) is 0 Å². The van der Waals surface area contributed by atoms with Crippen LogP contribution in [0.5, 0.6) is 0 Å². The summed E-state index contributed by atoms with van der Waals surface area (Å²) in [6, 6.07) is 0. The van der Waals surface area contributed by atoms with Crippen LogP contribution in [0.3, 0.4) is 0 Å². The molecule has 0 heterocycles. The van der Waals surface area contributed by atoms with Gasteiger partial charge in [-0.3, -0.25) is 0 Å². The molecule has 13 heavy (non-hydrogen) atoms. The molecule has 5 heteroatoms. The fourth-order valence-electron chi connectivity index (χ4n) is 1.03. The second kappa shape index (κ2) is 6.42. The van der Waals surface area contributed by atoms with Gasteiger partial charge in [0.2, 0.25) is 0 Å². The zero-order valence-electron chi connectivity index (χ0n) is 7.75. The van der Waals surface area contributed by atoms with E-state index in [9.17, 15) is 9.59 Å². The molecule has 0 spiro atoms. The van der Waals surface area contributed by atoms with E-state index in [4.69, 9.17) is 10.2 Å². The molecule has 0 rings (SSSR count). The number of nitrogens with one attached hydrogen (secondary N) is 1. The number of carbonyl (C=O) groups is 2. The van der Waals surface area contributed by atoms with Crippen molar-refractivity contribution in [2.45, 2.75) is 32.6 Å². The van der Waals surface area contributed by atoms with Crippen LogP contribution in [0.4, 0.5) is 9.59 Å². The van der Waals surface area contributed by atoms with E-state index in [0.717, 1.165) is 19.3 Å². The summed E-state index contributed by atoms with van der Waals surface area (Å²) in [6.45, 7) is 2.20. The van der Waals surface area contributed by atoms with Gasteiger partial charge in [-0.1, -0.05) is 19.8 Å². The van der Waals surface area contributed by atoms with Gasteiger partial charge in [0.05, 0.1) is 6.54 Å². The molecule has 0 aliphatic carbocycles. The Balaban J connectivity index is 3.71. The second-order valence-electron chi connectivity index (χ2n) is 2.90. The highest BCUT2D eigenvalue weighted by Crippen LogP contribution is 1.95.